The summed E-state index contributed by atoms with van der Waals surface area (Å²) >= 11 is 0. The van der Waals surface area contributed by atoms with Crippen LogP contribution < -0.4 is 0 Å². The molecule has 2 aromatic heterocycles. The molecular formula is C23H15N3O5S. The zero-order chi connectivity index (χ0) is 22.5. The number of benzene rings is 4. The highest BCUT2D eigenvalue weighted by atomic mass is 32.2. The number of rotatable bonds is 4. The summed E-state index contributed by atoms with van der Waals surface area (Å²) in [5, 5.41) is 20.5. The van der Waals surface area contributed by atoms with E-state index < -0.39 is 10.1 Å². The number of carbonyl (C=O) groups is 1. The largest absolute Gasteiger partial charge is 0.505 e. The lowest BCUT2D eigenvalue weighted by Gasteiger charge is -2.11. The van der Waals surface area contributed by atoms with Crippen molar-refractivity contribution in [1.82, 2.24) is 4.57 Å². The minimum Gasteiger partial charge on any atom is -0.505 e. The zero-order valence-corrected chi connectivity index (χ0v) is 17.2. The average Bonchev–Trinajstić information content (AvgIpc) is 3.38. The van der Waals surface area contributed by atoms with Crippen molar-refractivity contribution >= 4 is 49.2 Å². The summed E-state index contributed by atoms with van der Waals surface area (Å²) in [6.07, 6.45) is 0. The minimum atomic E-state index is -4.32. The molecule has 32 heavy (non-hydrogen) atoms. The molecule has 2 heterocycles. The van der Waals surface area contributed by atoms with Crippen LogP contribution in [0.2, 0.25) is 0 Å². The molecule has 8 nitrogen and oxygen atoms in total. The molecule has 0 aliphatic heterocycles. The molecule has 0 fully saturated rings. The maximum absolute atomic E-state index is 13.2. The molecule has 0 amide bonds. The Hall–Kier alpha value is -4.08. The number of azo groups is 1. The summed E-state index contributed by atoms with van der Waals surface area (Å²) in [5.74, 6) is -0.693. The third kappa shape index (κ3) is 3.29. The first kappa shape index (κ1) is 19.9. The number of aromatic nitrogens is 1. The quantitative estimate of drug-likeness (QED) is 0.288. The Morgan fingerprint density at radius 3 is 2.09 bits per heavy atom. The number of carbonyl (C=O) groups excluding carboxylic acids is 1. The van der Waals surface area contributed by atoms with Crippen molar-refractivity contribution in [2.24, 2.45) is 10.2 Å². The van der Waals surface area contributed by atoms with Crippen molar-refractivity contribution in [3.05, 3.63) is 84.4 Å². The van der Waals surface area contributed by atoms with Crippen LogP contribution in [0.15, 0.2) is 94.0 Å². The van der Waals surface area contributed by atoms with Gasteiger partial charge in [0.05, 0.1) is 16.1 Å². The maximum Gasteiger partial charge on any atom is 0.294 e. The second kappa shape index (κ2) is 7.26. The van der Waals surface area contributed by atoms with Gasteiger partial charge in [-0.2, -0.15) is 13.5 Å². The topological polar surface area (TPSA) is 121 Å². The Morgan fingerprint density at radius 1 is 0.844 bits per heavy atom. The summed E-state index contributed by atoms with van der Waals surface area (Å²) in [4.78, 5) is 13.0. The maximum atomic E-state index is 13.2. The summed E-state index contributed by atoms with van der Waals surface area (Å²) in [6.45, 7) is 0. The first-order valence-electron chi connectivity index (χ1n) is 9.51. The van der Waals surface area contributed by atoms with E-state index in [0.29, 0.717) is 16.5 Å². The molecule has 3 aromatic carbocycles. The minimum absolute atomic E-state index is 0.0850. The van der Waals surface area contributed by atoms with Crippen LogP contribution in [-0.2, 0) is 10.1 Å². The molecule has 0 saturated heterocycles. The molecule has 9 heteroatoms. The lowest BCUT2D eigenvalue weighted by Crippen LogP contribution is -2.10. The van der Waals surface area contributed by atoms with Crippen molar-refractivity contribution in [2.75, 3.05) is 0 Å². The highest BCUT2D eigenvalue weighted by molar-refractivity contribution is 7.85. The van der Waals surface area contributed by atoms with E-state index in [2.05, 4.69) is 10.2 Å². The highest BCUT2D eigenvalue weighted by Gasteiger charge is 2.22. The van der Waals surface area contributed by atoms with E-state index in [1.54, 1.807) is 24.3 Å². The molecule has 158 valence electrons. The van der Waals surface area contributed by atoms with Crippen LogP contribution in [0.1, 0.15) is 10.4 Å². The fourth-order valence-corrected chi connectivity index (χ4v) is 4.11. The van der Waals surface area contributed by atoms with Crippen LogP contribution in [-0.4, -0.2) is 28.6 Å². The van der Waals surface area contributed by atoms with E-state index in [-0.39, 0.29) is 27.8 Å². The second-order valence-corrected chi connectivity index (χ2v) is 8.59. The van der Waals surface area contributed by atoms with Gasteiger partial charge >= 0.3 is 0 Å². The van der Waals surface area contributed by atoms with Crippen molar-refractivity contribution < 1.29 is 22.9 Å². The molecular weight excluding hydrogens is 430 g/mol. The van der Waals surface area contributed by atoms with Crippen molar-refractivity contribution in [1.29, 1.82) is 0 Å². The van der Waals surface area contributed by atoms with Gasteiger partial charge in [-0.05, 0) is 60.0 Å². The lowest BCUT2D eigenvalue weighted by atomic mass is 10.0. The normalized spacial score (nSPS) is 12.3. The second-order valence-electron chi connectivity index (χ2n) is 7.17. The summed E-state index contributed by atoms with van der Waals surface area (Å²) in [6, 6.07) is 21.2. The summed E-state index contributed by atoms with van der Waals surface area (Å²) in [5.41, 5.74) is 1.95. The molecule has 0 saturated carbocycles. The predicted octanol–water partition coefficient (Wildman–Crippen LogP) is 5.29. The van der Waals surface area contributed by atoms with E-state index in [9.17, 15) is 18.3 Å². The Morgan fingerprint density at radius 2 is 1.47 bits per heavy atom. The third-order valence-corrected chi connectivity index (χ3v) is 6.06. The molecule has 5 aromatic rings. The number of phenolic OH excluding ortho intramolecular Hbond substituents is 1. The highest BCUT2D eigenvalue weighted by Crippen LogP contribution is 2.40. The zero-order valence-electron chi connectivity index (χ0n) is 16.4. The Kier molecular flexibility index (Phi) is 4.50. The van der Waals surface area contributed by atoms with Gasteiger partial charge in [-0.25, -0.2) is 0 Å². The number of hydrogen-bond donors (Lipinski definition) is 2. The average molecular weight is 445 g/mol. The van der Waals surface area contributed by atoms with Gasteiger partial charge < -0.3 is 5.11 Å². The van der Waals surface area contributed by atoms with Crippen LogP contribution in [0, 0.1) is 0 Å². The predicted molar refractivity (Wildman–Crippen MR) is 119 cm³/mol. The van der Waals surface area contributed by atoms with Crippen LogP contribution in [0.4, 0.5) is 11.4 Å². The molecule has 0 aliphatic carbocycles. The third-order valence-electron chi connectivity index (χ3n) is 5.19. The number of hydrogen-bond acceptors (Lipinski definition) is 6. The molecule has 0 spiro atoms. The van der Waals surface area contributed by atoms with Gasteiger partial charge in [0.1, 0.15) is 5.69 Å². The van der Waals surface area contributed by atoms with Gasteiger partial charge in [-0.15, -0.1) is 5.11 Å². The van der Waals surface area contributed by atoms with Crippen LogP contribution in [0.3, 0.4) is 0 Å². The van der Waals surface area contributed by atoms with Crippen LogP contribution in [0.25, 0.3) is 21.8 Å². The fraction of sp³-hybridized carbons (Fsp3) is 0. The van der Waals surface area contributed by atoms with Crippen molar-refractivity contribution in [2.45, 2.75) is 4.90 Å². The van der Waals surface area contributed by atoms with Gasteiger partial charge in [-0.1, -0.05) is 24.3 Å². The smallest absolute Gasteiger partial charge is 0.294 e. The fourth-order valence-electron chi connectivity index (χ4n) is 3.63. The Balaban J connectivity index is 1.61. The summed E-state index contributed by atoms with van der Waals surface area (Å²) < 4.78 is 33.0. The van der Waals surface area contributed by atoms with E-state index in [1.165, 1.54) is 28.8 Å². The standard InChI is InChI=1S/C23H15N3O5S/c27-22-20(23(28)26-16-7-8-17(26)10-9-16)13-14-3-1-2-4-19(14)21(22)25-24-15-5-11-18(12-6-15)32(29,30)31/h1-13,27H,(H,29,30,31). The molecule has 5 rings (SSSR count). The van der Waals surface area contributed by atoms with Crippen molar-refractivity contribution in [3.63, 3.8) is 0 Å². The lowest BCUT2D eigenvalue weighted by molar-refractivity contribution is 0.0967. The number of aromatic hydroxyl groups is 1. The van der Waals surface area contributed by atoms with Gasteiger partial charge in [-0.3, -0.25) is 13.9 Å². The van der Waals surface area contributed by atoms with Gasteiger partial charge in [0.2, 0.25) is 0 Å². The van der Waals surface area contributed by atoms with E-state index in [0.717, 1.165) is 11.0 Å². The van der Waals surface area contributed by atoms with Crippen LogP contribution >= 0.6 is 0 Å². The monoisotopic (exact) mass is 445 g/mol. The van der Waals surface area contributed by atoms with Gasteiger partial charge in [0, 0.05) is 16.4 Å². The molecule has 2 N–H and O–H groups in total. The Bertz CT molecular complexity index is 1570. The molecule has 0 radical (unpaired) electrons. The van der Waals surface area contributed by atoms with E-state index in [1.807, 2.05) is 30.3 Å². The van der Waals surface area contributed by atoms with E-state index in [4.69, 9.17) is 4.55 Å². The number of nitrogens with zero attached hydrogens (tertiary/aromatic N) is 3. The SMILES string of the molecule is O=C(c1cc2ccccc2c(N=Nc2ccc(S(=O)(=O)O)cc2)c1O)n1c2ccc1cc2. The summed E-state index contributed by atoms with van der Waals surface area (Å²) in [7, 11) is -4.32. The molecule has 2 bridgehead atoms. The van der Waals surface area contributed by atoms with Crippen molar-refractivity contribution in [3.8, 4) is 5.75 Å². The molecule has 0 aliphatic rings. The van der Waals surface area contributed by atoms with Gasteiger partial charge in [0.15, 0.2) is 5.75 Å². The molecule has 0 unspecified atom stereocenters. The Labute approximate surface area is 182 Å². The van der Waals surface area contributed by atoms with Gasteiger partial charge in [0.25, 0.3) is 16.0 Å². The first-order valence-corrected chi connectivity index (χ1v) is 11.0. The molecule has 0 atom stereocenters. The van der Waals surface area contributed by atoms with Crippen LogP contribution in [0.5, 0.6) is 5.75 Å². The van der Waals surface area contributed by atoms with E-state index >= 15 is 0 Å². The number of phenols is 1. The number of fused-ring (bicyclic) bond motifs is 3. The first-order chi connectivity index (χ1) is 15.3.